The zero-order chi connectivity index (χ0) is 20.7. The molecule has 4 aromatic carbocycles. The van der Waals surface area contributed by atoms with Gasteiger partial charge in [-0.25, -0.2) is 0 Å². The maximum atomic E-state index is 6.36. The minimum Gasteiger partial charge on any atom is -0.399 e. The summed E-state index contributed by atoms with van der Waals surface area (Å²) in [6.45, 7) is 2.17. The molecule has 5 aromatic rings. The molecule has 5 rings (SSSR count). The van der Waals surface area contributed by atoms with Crippen LogP contribution in [0.5, 0.6) is 0 Å². The highest BCUT2D eigenvalue weighted by atomic mass is 14.7. The fourth-order valence-electron chi connectivity index (χ4n) is 4.37. The third-order valence-corrected chi connectivity index (χ3v) is 5.71. The molecule has 0 radical (unpaired) electrons. The lowest BCUT2D eigenvalue weighted by atomic mass is 9.86. The van der Waals surface area contributed by atoms with Gasteiger partial charge in [-0.3, -0.25) is 4.98 Å². The Morgan fingerprint density at radius 1 is 0.767 bits per heavy atom. The fourth-order valence-corrected chi connectivity index (χ4v) is 4.37. The van der Waals surface area contributed by atoms with E-state index in [4.69, 9.17) is 16.5 Å². The number of aromatic nitrogens is 1. The van der Waals surface area contributed by atoms with Crippen LogP contribution in [0.15, 0.2) is 85.1 Å². The molecule has 0 aliphatic rings. The van der Waals surface area contributed by atoms with Crippen LogP contribution in [0, 0.1) is 0 Å². The quantitative estimate of drug-likeness (QED) is 0.275. The highest BCUT2D eigenvalue weighted by molar-refractivity contribution is 6.14. The Bertz CT molecular complexity index is 1390. The van der Waals surface area contributed by atoms with Gasteiger partial charge >= 0.3 is 0 Å². The third kappa shape index (κ3) is 2.96. The molecule has 4 N–H and O–H groups in total. The third-order valence-electron chi connectivity index (χ3n) is 5.71. The summed E-state index contributed by atoms with van der Waals surface area (Å²) in [5.74, 6) is 0. The summed E-state index contributed by atoms with van der Waals surface area (Å²) in [5.41, 5.74) is 20.8. The summed E-state index contributed by atoms with van der Waals surface area (Å²) in [5, 5.41) is 3.31. The summed E-state index contributed by atoms with van der Waals surface area (Å²) in [6, 6.07) is 27.0. The van der Waals surface area contributed by atoms with Gasteiger partial charge in [0.2, 0.25) is 0 Å². The molecule has 0 bridgehead atoms. The van der Waals surface area contributed by atoms with Crippen molar-refractivity contribution in [3.8, 4) is 22.3 Å². The van der Waals surface area contributed by atoms with Crippen molar-refractivity contribution in [3.05, 3.63) is 90.6 Å². The molecule has 30 heavy (non-hydrogen) atoms. The van der Waals surface area contributed by atoms with Crippen molar-refractivity contribution < 1.29 is 0 Å². The molecule has 0 atom stereocenters. The van der Waals surface area contributed by atoms with E-state index in [1.54, 1.807) is 0 Å². The van der Waals surface area contributed by atoms with E-state index in [2.05, 4.69) is 67.6 Å². The van der Waals surface area contributed by atoms with Crippen LogP contribution in [0.1, 0.15) is 12.5 Å². The average Bonchev–Trinajstić information content (AvgIpc) is 2.78. The molecule has 1 heterocycles. The summed E-state index contributed by atoms with van der Waals surface area (Å²) in [6.07, 6.45) is 2.80. The molecule has 1 aromatic heterocycles. The van der Waals surface area contributed by atoms with Gasteiger partial charge < -0.3 is 11.5 Å². The predicted molar refractivity (Wildman–Crippen MR) is 128 cm³/mol. The minimum absolute atomic E-state index is 0.739. The molecule has 0 spiro atoms. The zero-order valence-electron chi connectivity index (χ0n) is 16.9. The van der Waals surface area contributed by atoms with E-state index in [-0.39, 0.29) is 0 Å². The molecule has 0 saturated heterocycles. The number of fused-ring (bicyclic) bond motifs is 3. The summed E-state index contributed by atoms with van der Waals surface area (Å²) >= 11 is 0. The lowest BCUT2D eigenvalue weighted by Crippen LogP contribution is -1.97. The van der Waals surface area contributed by atoms with Crippen molar-refractivity contribution in [2.75, 3.05) is 11.5 Å². The second kappa shape index (κ2) is 7.20. The normalized spacial score (nSPS) is 11.2. The predicted octanol–water partition coefficient (Wildman–Crippen LogP) is 6.45. The van der Waals surface area contributed by atoms with Crippen molar-refractivity contribution in [3.63, 3.8) is 0 Å². The SMILES string of the molecule is CCc1cc(N)cc(-c2cccc3ncc4cc(N)ccc4c23)c1-c1ccccc1. The Labute approximate surface area is 176 Å². The number of anilines is 2. The van der Waals surface area contributed by atoms with E-state index in [0.29, 0.717) is 0 Å². The van der Waals surface area contributed by atoms with Crippen LogP contribution in [0.25, 0.3) is 43.9 Å². The number of hydrogen-bond donors (Lipinski definition) is 2. The van der Waals surface area contributed by atoms with Crippen molar-refractivity contribution >= 4 is 33.1 Å². The average molecular weight is 390 g/mol. The molecule has 0 aliphatic carbocycles. The van der Waals surface area contributed by atoms with Gasteiger partial charge in [0.15, 0.2) is 0 Å². The first-order valence-corrected chi connectivity index (χ1v) is 10.2. The van der Waals surface area contributed by atoms with E-state index in [1.807, 2.05) is 24.4 Å². The number of nitrogens with zero attached hydrogens (tertiary/aromatic N) is 1. The van der Waals surface area contributed by atoms with Gasteiger partial charge in [0.05, 0.1) is 5.52 Å². The van der Waals surface area contributed by atoms with Gasteiger partial charge in [0.25, 0.3) is 0 Å². The van der Waals surface area contributed by atoms with Gasteiger partial charge in [-0.2, -0.15) is 0 Å². The maximum absolute atomic E-state index is 6.36. The first-order chi connectivity index (χ1) is 14.7. The van der Waals surface area contributed by atoms with E-state index < -0.39 is 0 Å². The number of nitrogens with two attached hydrogens (primary N) is 2. The molecule has 0 aliphatic heterocycles. The maximum Gasteiger partial charge on any atom is 0.0714 e. The van der Waals surface area contributed by atoms with Crippen molar-refractivity contribution in [2.24, 2.45) is 0 Å². The van der Waals surface area contributed by atoms with Crippen LogP contribution < -0.4 is 11.5 Å². The van der Waals surface area contributed by atoms with Crippen molar-refractivity contribution in [1.82, 2.24) is 4.98 Å². The largest absolute Gasteiger partial charge is 0.399 e. The number of nitrogen functional groups attached to an aromatic ring is 2. The molecule has 3 heteroatoms. The number of hydrogen-bond acceptors (Lipinski definition) is 3. The number of aryl methyl sites for hydroxylation is 1. The topological polar surface area (TPSA) is 64.9 Å². The van der Waals surface area contributed by atoms with Crippen molar-refractivity contribution in [2.45, 2.75) is 13.3 Å². The number of pyridine rings is 1. The van der Waals surface area contributed by atoms with E-state index in [0.717, 1.165) is 50.6 Å². The zero-order valence-corrected chi connectivity index (χ0v) is 16.9. The molecule has 0 saturated carbocycles. The summed E-state index contributed by atoms with van der Waals surface area (Å²) < 4.78 is 0. The van der Waals surface area contributed by atoms with Crippen LogP contribution >= 0.6 is 0 Å². The molecular formula is C27H23N3. The Morgan fingerprint density at radius 3 is 2.40 bits per heavy atom. The van der Waals surface area contributed by atoms with E-state index >= 15 is 0 Å². The molecular weight excluding hydrogens is 366 g/mol. The molecule has 0 amide bonds. The highest BCUT2D eigenvalue weighted by Crippen LogP contribution is 2.41. The first kappa shape index (κ1) is 18.2. The van der Waals surface area contributed by atoms with Gasteiger partial charge in [-0.15, -0.1) is 0 Å². The smallest absolute Gasteiger partial charge is 0.0714 e. The second-order valence-electron chi connectivity index (χ2n) is 7.63. The van der Waals surface area contributed by atoms with Crippen LogP contribution in [-0.2, 0) is 6.42 Å². The number of benzene rings is 4. The lowest BCUT2D eigenvalue weighted by Gasteiger charge is -2.18. The second-order valence-corrected chi connectivity index (χ2v) is 7.63. The van der Waals surface area contributed by atoms with Crippen LogP contribution in [0.4, 0.5) is 11.4 Å². The lowest BCUT2D eigenvalue weighted by molar-refractivity contribution is 1.14. The Kier molecular flexibility index (Phi) is 4.36. The fraction of sp³-hybridized carbons (Fsp3) is 0.0741. The summed E-state index contributed by atoms with van der Waals surface area (Å²) in [4.78, 5) is 4.72. The Balaban J connectivity index is 1.93. The first-order valence-electron chi connectivity index (χ1n) is 10.2. The summed E-state index contributed by atoms with van der Waals surface area (Å²) in [7, 11) is 0. The minimum atomic E-state index is 0.739. The van der Waals surface area contributed by atoms with Crippen LogP contribution in [-0.4, -0.2) is 4.98 Å². The van der Waals surface area contributed by atoms with Gasteiger partial charge in [-0.1, -0.05) is 55.5 Å². The standard InChI is InChI=1S/C27H23N3/c1-2-17-13-21(29)15-24(26(17)18-7-4-3-5-8-18)23-9-6-10-25-27(23)22-12-11-20(28)14-19(22)16-30-25/h3-16H,2,28-29H2,1H3. The monoisotopic (exact) mass is 389 g/mol. The molecule has 3 nitrogen and oxygen atoms in total. The Morgan fingerprint density at radius 2 is 1.60 bits per heavy atom. The molecule has 0 fully saturated rings. The van der Waals surface area contributed by atoms with E-state index in [9.17, 15) is 0 Å². The Hall–Kier alpha value is -3.85. The molecule has 0 unspecified atom stereocenters. The van der Waals surface area contributed by atoms with Gasteiger partial charge in [0, 0.05) is 28.3 Å². The van der Waals surface area contributed by atoms with Crippen LogP contribution in [0.3, 0.4) is 0 Å². The number of rotatable bonds is 3. The van der Waals surface area contributed by atoms with Gasteiger partial charge in [0.1, 0.15) is 0 Å². The van der Waals surface area contributed by atoms with Crippen LogP contribution in [0.2, 0.25) is 0 Å². The van der Waals surface area contributed by atoms with Crippen molar-refractivity contribution in [1.29, 1.82) is 0 Å². The van der Waals surface area contributed by atoms with E-state index in [1.165, 1.54) is 16.7 Å². The highest BCUT2D eigenvalue weighted by Gasteiger charge is 2.16. The van der Waals surface area contributed by atoms with Gasteiger partial charge in [-0.05, 0) is 70.0 Å². The molecule has 146 valence electrons.